The highest BCUT2D eigenvalue weighted by Crippen LogP contribution is 2.34. The van der Waals surface area contributed by atoms with E-state index in [9.17, 15) is 9.59 Å². The Hall–Kier alpha value is -2.90. The van der Waals surface area contributed by atoms with E-state index in [-0.39, 0.29) is 12.5 Å². The fourth-order valence-electron chi connectivity index (χ4n) is 3.58. The molecule has 0 saturated carbocycles. The normalized spacial score (nSPS) is 15.2. The topological polar surface area (TPSA) is 51.5 Å². The fraction of sp³-hybridized carbons (Fsp3) is 0.240. The largest absolute Gasteiger partial charge is 0.464 e. The van der Waals surface area contributed by atoms with Crippen LogP contribution in [0.4, 0.5) is 0 Å². The molecule has 3 aromatic rings. The Labute approximate surface area is 197 Å². The van der Waals surface area contributed by atoms with Crippen molar-refractivity contribution in [1.82, 2.24) is 9.47 Å². The standard InChI is InChI=1S/C25H24N2O3S2/c1-2-3-13-30-23(28)17-27-24(29)22(32-25(27)31)14-19-16-26(15-18-9-5-4-6-10-18)21-12-8-7-11-20(19)21/h4-12,14,16H,2-3,13,15,17H2,1H3/b22-14-. The summed E-state index contributed by atoms with van der Waals surface area (Å²) >= 11 is 6.59. The summed E-state index contributed by atoms with van der Waals surface area (Å²) < 4.78 is 7.75. The van der Waals surface area contributed by atoms with Crippen molar-refractivity contribution in [2.45, 2.75) is 26.3 Å². The first-order valence-corrected chi connectivity index (χ1v) is 11.8. The van der Waals surface area contributed by atoms with Gasteiger partial charge in [0.2, 0.25) is 0 Å². The van der Waals surface area contributed by atoms with Gasteiger partial charge >= 0.3 is 5.97 Å². The number of hydrogen-bond donors (Lipinski definition) is 0. The van der Waals surface area contributed by atoms with Crippen molar-refractivity contribution in [3.8, 4) is 0 Å². The van der Waals surface area contributed by atoms with Gasteiger partial charge in [0, 0.05) is 29.2 Å². The van der Waals surface area contributed by atoms with Gasteiger partial charge in [0.15, 0.2) is 0 Å². The van der Waals surface area contributed by atoms with Crippen molar-refractivity contribution in [2.24, 2.45) is 0 Å². The Morgan fingerprint density at radius 2 is 1.88 bits per heavy atom. The first kappa shape index (κ1) is 22.3. The van der Waals surface area contributed by atoms with Crippen LogP contribution in [0.3, 0.4) is 0 Å². The highest BCUT2D eigenvalue weighted by atomic mass is 32.2. The molecule has 2 heterocycles. The lowest BCUT2D eigenvalue weighted by Crippen LogP contribution is -2.34. The zero-order valence-corrected chi connectivity index (χ0v) is 19.5. The van der Waals surface area contributed by atoms with Gasteiger partial charge in [-0.1, -0.05) is 85.9 Å². The van der Waals surface area contributed by atoms with Crippen LogP contribution in [0.15, 0.2) is 65.7 Å². The Balaban J connectivity index is 1.57. The number of aromatic nitrogens is 1. The predicted molar refractivity (Wildman–Crippen MR) is 133 cm³/mol. The molecule has 32 heavy (non-hydrogen) atoms. The van der Waals surface area contributed by atoms with Crippen LogP contribution in [0.2, 0.25) is 0 Å². The number of para-hydroxylation sites is 1. The number of carbonyl (C=O) groups is 2. The summed E-state index contributed by atoms with van der Waals surface area (Å²) in [7, 11) is 0. The van der Waals surface area contributed by atoms with E-state index in [0.29, 0.717) is 15.8 Å². The smallest absolute Gasteiger partial charge is 0.326 e. The van der Waals surface area contributed by atoms with Crippen LogP contribution in [0, 0.1) is 0 Å². The summed E-state index contributed by atoms with van der Waals surface area (Å²) in [6, 6.07) is 18.4. The Morgan fingerprint density at radius 3 is 2.66 bits per heavy atom. The predicted octanol–water partition coefficient (Wildman–Crippen LogP) is 5.23. The van der Waals surface area contributed by atoms with Gasteiger partial charge in [0.25, 0.3) is 5.91 Å². The number of amides is 1. The zero-order valence-electron chi connectivity index (χ0n) is 17.8. The summed E-state index contributed by atoms with van der Waals surface area (Å²) in [5.41, 5.74) is 3.24. The van der Waals surface area contributed by atoms with Crippen molar-refractivity contribution < 1.29 is 14.3 Å². The average Bonchev–Trinajstić information content (AvgIpc) is 3.27. The van der Waals surface area contributed by atoms with Crippen molar-refractivity contribution in [3.63, 3.8) is 0 Å². The van der Waals surface area contributed by atoms with Gasteiger partial charge < -0.3 is 9.30 Å². The summed E-state index contributed by atoms with van der Waals surface area (Å²) in [5.74, 6) is -0.692. The van der Waals surface area contributed by atoms with E-state index in [1.54, 1.807) is 0 Å². The van der Waals surface area contributed by atoms with Crippen LogP contribution in [-0.2, 0) is 20.9 Å². The lowest BCUT2D eigenvalue weighted by atomic mass is 10.1. The van der Waals surface area contributed by atoms with E-state index in [1.165, 1.54) is 22.2 Å². The van der Waals surface area contributed by atoms with Crippen molar-refractivity contribution in [2.75, 3.05) is 13.2 Å². The lowest BCUT2D eigenvalue weighted by molar-refractivity contribution is -0.146. The molecule has 1 amide bonds. The van der Waals surface area contributed by atoms with E-state index in [2.05, 4.69) is 35.0 Å². The van der Waals surface area contributed by atoms with Crippen LogP contribution < -0.4 is 0 Å². The van der Waals surface area contributed by atoms with Gasteiger partial charge in [-0.15, -0.1) is 0 Å². The fourth-order valence-corrected chi connectivity index (χ4v) is 4.83. The first-order chi connectivity index (χ1) is 15.6. The van der Waals surface area contributed by atoms with E-state index in [1.807, 2.05) is 43.3 Å². The van der Waals surface area contributed by atoms with E-state index in [4.69, 9.17) is 17.0 Å². The number of unbranched alkanes of at least 4 members (excludes halogenated alkanes) is 1. The molecule has 0 atom stereocenters. The van der Waals surface area contributed by atoms with Crippen LogP contribution in [0.25, 0.3) is 17.0 Å². The van der Waals surface area contributed by atoms with Crippen LogP contribution >= 0.6 is 24.0 Å². The molecule has 7 heteroatoms. The van der Waals surface area contributed by atoms with Gasteiger partial charge in [-0.2, -0.15) is 0 Å². The average molecular weight is 465 g/mol. The number of fused-ring (bicyclic) bond motifs is 1. The van der Waals surface area contributed by atoms with Crippen molar-refractivity contribution in [3.05, 3.63) is 76.8 Å². The van der Waals surface area contributed by atoms with Crippen LogP contribution in [-0.4, -0.2) is 38.8 Å². The third-order valence-electron chi connectivity index (χ3n) is 5.22. The second-order valence-corrected chi connectivity index (χ2v) is 9.23. The van der Waals surface area contributed by atoms with Gasteiger partial charge in [-0.05, 0) is 24.1 Å². The molecule has 1 fully saturated rings. The molecule has 0 bridgehead atoms. The van der Waals surface area contributed by atoms with Crippen LogP contribution in [0.1, 0.15) is 30.9 Å². The number of rotatable bonds is 8. The molecular formula is C25H24N2O3S2. The highest BCUT2D eigenvalue weighted by molar-refractivity contribution is 8.26. The third kappa shape index (κ3) is 4.95. The number of nitrogens with zero attached hydrogens (tertiary/aromatic N) is 2. The number of benzene rings is 2. The number of hydrogen-bond acceptors (Lipinski definition) is 5. The minimum atomic E-state index is -0.435. The monoisotopic (exact) mass is 464 g/mol. The van der Waals surface area contributed by atoms with E-state index in [0.717, 1.165) is 35.9 Å². The Morgan fingerprint density at radius 1 is 1.12 bits per heavy atom. The summed E-state index contributed by atoms with van der Waals surface area (Å²) in [4.78, 5) is 26.9. The molecule has 2 aromatic carbocycles. The van der Waals surface area contributed by atoms with E-state index < -0.39 is 5.97 Å². The Bertz CT molecular complexity index is 1180. The third-order valence-corrected chi connectivity index (χ3v) is 6.60. The molecular weight excluding hydrogens is 440 g/mol. The molecule has 1 aliphatic heterocycles. The summed E-state index contributed by atoms with van der Waals surface area (Å²) in [6.07, 6.45) is 5.67. The molecule has 1 saturated heterocycles. The number of ether oxygens (including phenoxy) is 1. The summed E-state index contributed by atoms with van der Waals surface area (Å²) in [6.45, 7) is 2.97. The van der Waals surface area contributed by atoms with Gasteiger partial charge in [-0.3, -0.25) is 14.5 Å². The van der Waals surface area contributed by atoms with Gasteiger partial charge in [0.1, 0.15) is 10.9 Å². The Kier molecular flexibility index (Phi) is 7.07. The van der Waals surface area contributed by atoms with Crippen molar-refractivity contribution >= 4 is 57.2 Å². The minimum absolute atomic E-state index is 0.151. The summed E-state index contributed by atoms with van der Waals surface area (Å²) in [5, 5.41) is 1.06. The highest BCUT2D eigenvalue weighted by Gasteiger charge is 2.34. The van der Waals surface area contributed by atoms with E-state index >= 15 is 0 Å². The zero-order chi connectivity index (χ0) is 22.5. The molecule has 0 aliphatic carbocycles. The van der Waals surface area contributed by atoms with Crippen LogP contribution in [0.5, 0.6) is 0 Å². The maximum Gasteiger partial charge on any atom is 0.326 e. The molecule has 1 aromatic heterocycles. The SMILES string of the molecule is CCCCOC(=O)CN1C(=O)/C(=C/c2cn(Cc3ccccc3)c3ccccc23)SC1=S. The first-order valence-electron chi connectivity index (χ1n) is 10.6. The molecule has 0 N–H and O–H groups in total. The van der Waals surface area contributed by atoms with Gasteiger partial charge in [-0.25, -0.2) is 0 Å². The number of thiocarbonyl (C=S) groups is 1. The second-order valence-electron chi connectivity index (χ2n) is 7.56. The second kappa shape index (κ2) is 10.1. The van der Waals surface area contributed by atoms with Gasteiger partial charge in [0.05, 0.1) is 11.5 Å². The maximum absolute atomic E-state index is 13.0. The molecule has 164 valence electrons. The van der Waals surface area contributed by atoms with Crippen molar-refractivity contribution in [1.29, 1.82) is 0 Å². The quantitative estimate of drug-likeness (QED) is 0.198. The lowest BCUT2D eigenvalue weighted by Gasteiger charge is -2.13. The maximum atomic E-state index is 13.0. The molecule has 0 spiro atoms. The molecule has 0 unspecified atom stereocenters. The number of thioether (sulfide) groups is 1. The molecule has 0 radical (unpaired) electrons. The molecule has 4 rings (SSSR count). The minimum Gasteiger partial charge on any atom is -0.464 e. The molecule has 1 aliphatic rings. The molecule has 5 nitrogen and oxygen atoms in total. The number of esters is 1. The number of carbonyl (C=O) groups excluding carboxylic acids is 2.